The number of aliphatic hydroxyl groups excluding tert-OH is 1. The van der Waals surface area contributed by atoms with Crippen LogP contribution in [0.25, 0.3) is 0 Å². The van der Waals surface area contributed by atoms with Gasteiger partial charge in [-0.05, 0) is 43.5 Å². The van der Waals surface area contributed by atoms with Crippen LogP contribution in [0.3, 0.4) is 0 Å². The normalized spacial score (nSPS) is 19.2. The van der Waals surface area contributed by atoms with Crippen molar-refractivity contribution in [1.29, 1.82) is 0 Å². The van der Waals surface area contributed by atoms with Gasteiger partial charge in [0, 0.05) is 11.7 Å². The molecule has 0 aromatic heterocycles. The summed E-state index contributed by atoms with van der Waals surface area (Å²) >= 11 is 0. The van der Waals surface area contributed by atoms with Crippen LogP contribution in [0.4, 0.5) is 5.69 Å². The van der Waals surface area contributed by atoms with Gasteiger partial charge in [-0.3, -0.25) is 9.69 Å². The molecule has 1 aliphatic rings. The first-order valence-corrected chi connectivity index (χ1v) is 7.46. The molecule has 20 heavy (non-hydrogen) atoms. The highest BCUT2D eigenvalue weighted by Crippen LogP contribution is 2.16. The Morgan fingerprint density at radius 1 is 1.40 bits per heavy atom. The number of nitrogens with zero attached hydrogens (tertiary/aromatic N) is 1. The van der Waals surface area contributed by atoms with E-state index < -0.39 is 0 Å². The topological polar surface area (TPSA) is 52.6 Å². The van der Waals surface area contributed by atoms with Gasteiger partial charge in [-0.25, -0.2) is 0 Å². The number of hydrogen-bond acceptors (Lipinski definition) is 3. The number of likely N-dealkylation sites (tertiary alicyclic amines) is 1. The van der Waals surface area contributed by atoms with E-state index in [1.54, 1.807) is 0 Å². The molecule has 1 fully saturated rings. The minimum absolute atomic E-state index is 0.00593. The number of aliphatic hydroxyl groups is 1. The molecule has 0 radical (unpaired) electrons. The zero-order valence-corrected chi connectivity index (χ0v) is 12.1. The Morgan fingerprint density at radius 3 is 2.80 bits per heavy atom. The van der Waals surface area contributed by atoms with E-state index in [4.69, 9.17) is 0 Å². The lowest BCUT2D eigenvalue weighted by Crippen LogP contribution is -2.38. The van der Waals surface area contributed by atoms with Crippen molar-refractivity contribution >= 4 is 11.6 Å². The lowest BCUT2D eigenvalue weighted by Gasteiger charge is -2.21. The third kappa shape index (κ3) is 4.05. The fourth-order valence-electron chi connectivity index (χ4n) is 2.74. The van der Waals surface area contributed by atoms with Crippen molar-refractivity contribution < 1.29 is 9.90 Å². The molecule has 1 aliphatic heterocycles. The van der Waals surface area contributed by atoms with Crippen molar-refractivity contribution in [1.82, 2.24) is 4.90 Å². The molecular formula is C16H24N2O2. The van der Waals surface area contributed by atoms with Gasteiger partial charge in [0.1, 0.15) is 0 Å². The van der Waals surface area contributed by atoms with Crippen molar-refractivity contribution in [2.24, 2.45) is 0 Å². The molecular weight excluding hydrogens is 252 g/mol. The number of rotatable bonds is 6. The van der Waals surface area contributed by atoms with Gasteiger partial charge in [0.15, 0.2) is 0 Å². The summed E-state index contributed by atoms with van der Waals surface area (Å²) in [5.41, 5.74) is 2.14. The van der Waals surface area contributed by atoms with E-state index in [-0.39, 0.29) is 18.6 Å². The highest BCUT2D eigenvalue weighted by Gasteiger charge is 2.25. The zero-order chi connectivity index (χ0) is 14.4. The largest absolute Gasteiger partial charge is 0.395 e. The molecule has 1 heterocycles. The molecule has 0 bridgehead atoms. The summed E-state index contributed by atoms with van der Waals surface area (Å²) in [7, 11) is 0. The molecule has 1 saturated heterocycles. The van der Waals surface area contributed by atoms with E-state index in [2.05, 4.69) is 29.3 Å². The number of carbonyl (C=O) groups is 1. The van der Waals surface area contributed by atoms with E-state index in [1.807, 2.05) is 12.1 Å². The summed E-state index contributed by atoms with van der Waals surface area (Å²) < 4.78 is 0. The maximum Gasteiger partial charge on any atom is 0.238 e. The minimum atomic E-state index is -0.00593. The molecule has 2 N–H and O–H groups in total. The number of nitrogens with one attached hydrogen (secondary N) is 1. The number of aryl methyl sites for hydroxylation is 1. The van der Waals surface area contributed by atoms with E-state index in [0.29, 0.717) is 6.54 Å². The van der Waals surface area contributed by atoms with Crippen LogP contribution in [0, 0.1) is 0 Å². The van der Waals surface area contributed by atoms with Gasteiger partial charge in [0.25, 0.3) is 0 Å². The van der Waals surface area contributed by atoms with Crippen LogP contribution >= 0.6 is 0 Å². The van der Waals surface area contributed by atoms with Crippen LogP contribution in [-0.4, -0.2) is 41.7 Å². The fraction of sp³-hybridized carbons (Fsp3) is 0.562. The van der Waals surface area contributed by atoms with E-state index in [1.165, 1.54) is 5.56 Å². The van der Waals surface area contributed by atoms with Crippen LogP contribution in [0.5, 0.6) is 0 Å². The SMILES string of the molecule is CCCc1ccc(NC(=O)CN2CCC[C@H]2CO)cc1. The van der Waals surface area contributed by atoms with Gasteiger partial charge in [0.2, 0.25) is 5.91 Å². The molecule has 1 aromatic rings. The summed E-state index contributed by atoms with van der Waals surface area (Å²) in [6.45, 7) is 3.55. The highest BCUT2D eigenvalue weighted by molar-refractivity contribution is 5.92. The van der Waals surface area contributed by atoms with Crippen molar-refractivity contribution in [3.63, 3.8) is 0 Å². The minimum Gasteiger partial charge on any atom is -0.395 e. The first-order valence-electron chi connectivity index (χ1n) is 7.46. The van der Waals surface area contributed by atoms with Gasteiger partial charge in [-0.1, -0.05) is 25.5 Å². The third-order valence-electron chi connectivity index (χ3n) is 3.83. The number of carbonyl (C=O) groups excluding carboxylic acids is 1. The van der Waals surface area contributed by atoms with E-state index >= 15 is 0 Å². The number of amides is 1. The third-order valence-corrected chi connectivity index (χ3v) is 3.83. The van der Waals surface area contributed by atoms with Gasteiger partial charge in [-0.2, -0.15) is 0 Å². The van der Waals surface area contributed by atoms with Crippen molar-refractivity contribution in [2.45, 2.75) is 38.6 Å². The van der Waals surface area contributed by atoms with E-state index in [0.717, 1.165) is 37.9 Å². The summed E-state index contributed by atoms with van der Waals surface area (Å²) in [6, 6.07) is 8.18. The van der Waals surface area contributed by atoms with Crippen molar-refractivity contribution in [3.8, 4) is 0 Å². The molecule has 1 aromatic carbocycles. The summed E-state index contributed by atoms with van der Waals surface area (Å²) in [6.07, 6.45) is 4.24. The molecule has 0 aliphatic carbocycles. The van der Waals surface area contributed by atoms with Crippen molar-refractivity contribution in [2.75, 3.05) is 25.0 Å². The van der Waals surface area contributed by atoms with Crippen LogP contribution in [-0.2, 0) is 11.2 Å². The fourth-order valence-corrected chi connectivity index (χ4v) is 2.74. The molecule has 1 atom stereocenters. The van der Waals surface area contributed by atoms with Crippen molar-refractivity contribution in [3.05, 3.63) is 29.8 Å². The highest BCUT2D eigenvalue weighted by atomic mass is 16.3. The quantitative estimate of drug-likeness (QED) is 0.836. The lowest BCUT2D eigenvalue weighted by molar-refractivity contribution is -0.117. The molecule has 4 heteroatoms. The first kappa shape index (κ1) is 15.0. The maximum atomic E-state index is 12.0. The Balaban J connectivity index is 1.84. The number of anilines is 1. The summed E-state index contributed by atoms with van der Waals surface area (Å²) in [4.78, 5) is 14.1. The van der Waals surface area contributed by atoms with Gasteiger partial charge >= 0.3 is 0 Å². The average molecular weight is 276 g/mol. The molecule has 0 unspecified atom stereocenters. The molecule has 110 valence electrons. The Labute approximate surface area is 120 Å². The summed E-state index contributed by atoms with van der Waals surface area (Å²) in [5.74, 6) is -0.00593. The summed E-state index contributed by atoms with van der Waals surface area (Å²) in [5, 5.41) is 12.2. The van der Waals surface area contributed by atoms with Gasteiger partial charge < -0.3 is 10.4 Å². The van der Waals surface area contributed by atoms with Gasteiger partial charge in [0.05, 0.1) is 13.2 Å². The van der Waals surface area contributed by atoms with Crippen LogP contribution in [0.1, 0.15) is 31.7 Å². The Hall–Kier alpha value is -1.39. The second-order valence-corrected chi connectivity index (χ2v) is 5.44. The van der Waals surface area contributed by atoms with Crippen LogP contribution in [0.2, 0.25) is 0 Å². The standard InChI is InChI=1S/C16H24N2O2/c1-2-4-13-6-8-14(9-7-13)17-16(20)11-18-10-3-5-15(18)12-19/h6-9,15,19H,2-5,10-12H2,1H3,(H,17,20)/t15-/m0/s1. The first-order chi connectivity index (χ1) is 9.72. The second kappa shape index (κ2) is 7.41. The maximum absolute atomic E-state index is 12.0. The molecule has 4 nitrogen and oxygen atoms in total. The average Bonchev–Trinajstić information content (AvgIpc) is 2.88. The molecule has 0 spiro atoms. The van der Waals surface area contributed by atoms with Crippen LogP contribution < -0.4 is 5.32 Å². The van der Waals surface area contributed by atoms with E-state index in [9.17, 15) is 9.90 Å². The molecule has 2 rings (SSSR count). The zero-order valence-electron chi connectivity index (χ0n) is 12.1. The van der Waals surface area contributed by atoms with Crippen LogP contribution in [0.15, 0.2) is 24.3 Å². The predicted octanol–water partition coefficient (Wildman–Crippen LogP) is 2.03. The molecule has 1 amide bonds. The number of hydrogen-bond donors (Lipinski definition) is 2. The molecule has 0 saturated carbocycles. The lowest BCUT2D eigenvalue weighted by atomic mass is 10.1. The predicted molar refractivity (Wildman–Crippen MR) is 80.7 cm³/mol. The Morgan fingerprint density at radius 2 is 2.15 bits per heavy atom. The Bertz CT molecular complexity index is 431. The second-order valence-electron chi connectivity index (χ2n) is 5.44. The Kier molecular flexibility index (Phi) is 5.56. The monoisotopic (exact) mass is 276 g/mol. The number of benzene rings is 1. The van der Waals surface area contributed by atoms with Gasteiger partial charge in [-0.15, -0.1) is 0 Å². The smallest absolute Gasteiger partial charge is 0.238 e.